The Morgan fingerprint density at radius 2 is 1.48 bits per heavy atom. The first-order chi connectivity index (χ1) is 15.6. The van der Waals surface area contributed by atoms with Crippen LogP contribution in [0.25, 0.3) is 0 Å². The molecule has 0 saturated heterocycles. The van der Waals surface area contributed by atoms with E-state index in [1.54, 1.807) is 24.3 Å². The molecule has 8 nitrogen and oxygen atoms in total. The summed E-state index contributed by atoms with van der Waals surface area (Å²) >= 11 is 0. The number of benzene rings is 2. The van der Waals surface area contributed by atoms with Gasteiger partial charge in [-0.2, -0.15) is 0 Å². The van der Waals surface area contributed by atoms with Crippen LogP contribution in [0, 0.1) is 0 Å². The van der Waals surface area contributed by atoms with Gasteiger partial charge in [-0.1, -0.05) is 6.07 Å². The zero-order valence-electron chi connectivity index (χ0n) is 18.5. The summed E-state index contributed by atoms with van der Waals surface area (Å²) in [4.78, 5) is 4.05. The van der Waals surface area contributed by atoms with E-state index in [9.17, 15) is 16.8 Å². The Kier molecular flexibility index (Phi) is 7.72. The molecule has 0 bridgehead atoms. The number of sulfone groups is 1. The van der Waals surface area contributed by atoms with Crippen LogP contribution in [0.15, 0.2) is 82.8 Å². The molecule has 0 aliphatic rings. The lowest BCUT2D eigenvalue weighted by molar-refractivity contribution is 0.242. The van der Waals surface area contributed by atoms with Gasteiger partial charge in [0.05, 0.1) is 23.0 Å². The maximum Gasteiger partial charge on any atom is 0.240 e. The number of hydrogen-bond donors (Lipinski definition) is 1. The van der Waals surface area contributed by atoms with Crippen LogP contribution < -0.4 is 14.2 Å². The third-order valence-corrected chi connectivity index (χ3v) is 8.34. The summed E-state index contributed by atoms with van der Waals surface area (Å²) in [5.74, 6) is 1.05. The fourth-order valence-electron chi connectivity index (χ4n) is 3.14. The van der Waals surface area contributed by atoms with Gasteiger partial charge in [-0.3, -0.25) is 4.98 Å². The maximum absolute atomic E-state index is 13.4. The van der Waals surface area contributed by atoms with Gasteiger partial charge in [-0.25, -0.2) is 21.6 Å². The molecule has 10 heteroatoms. The van der Waals surface area contributed by atoms with E-state index in [1.807, 2.05) is 13.8 Å². The van der Waals surface area contributed by atoms with Gasteiger partial charge in [-0.05, 0) is 74.0 Å². The SMILES string of the molecule is COc1ccc(S(=O)(=O)C(CNS(=O)(=O)c2ccc(OC(C)C)cc2)c2cccnc2)cc1. The normalized spacial score (nSPS) is 13.0. The largest absolute Gasteiger partial charge is 0.497 e. The summed E-state index contributed by atoms with van der Waals surface area (Å²) in [5.41, 5.74) is 0.372. The number of sulfonamides is 1. The third kappa shape index (κ3) is 6.10. The van der Waals surface area contributed by atoms with Crippen LogP contribution in [0.5, 0.6) is 11.5 Å². The van der Waals surface area contributed by atoms with Crippen molar-refractivity contribution in [2.24, 2.45) is 0 Å². The molecule has 3 aromatic rings. The number of nitrogens with zero attached hydrogens (tertiary/aromatic N) is 1. The lowest BCUT2D eigenvalue weighted by atomic mass is 10.2. The number of nitrogens with one attached hydrogen (secondary N) is 1. The molecule has 0 aliphatic heterocycles. The summed E-state index contributed by atoms with van der Waals surface area (Å²) in [6.07, 6.45) is 2.89. The molecule has 1 heterocycles. The number of rotatable bonds is 10. The van der Waals surface area contributed by atoms with Crippen LogP contribution in [0.3, 0.4) is 0 Å². The molecule has 0 spiro atoms. The Bertz CT molecular complexity index is 1260. The number of aromatic nitrogens is 1. The van der Waals surface area contributed by atoms with Crippen LogP contribution in [0.2, 0.25) is 0 Å². The number of methoxy groups -OCH3 is 1. The summed E-state index contributed by atoms with van der Waals surface area (Å²) in [7, 11) is -6.43. The van der Waals surface area contributed by atoms with Crippen LogP contribution in [-0.4, -0.2) is 41.6 Å². The standard InChI is InChI=1S/C23H26N2O6S2/c1-17(2)31-20-8-12-22(13-9-20)33(28,29)25-16-23(18-5-4-14-24-15-18)32(26,27)21-10-6-19(30-3)7-11-21/h4-15,17,23,25H,16H2,1-3H3. The van der Waals surface area contributed by atoms with Crippen molar-refractivity contribution in [1.29, 1.82) is 0 Å². The molecule has 1 aromatic heterocycles. The highest BCUT2D eigenvalue weighted by molar-refractivity contribution is 7.92. The van der Waals surface area contributed by atoms with E-state index in [-0.39, 0.29) is 22.4 Å². The van der Waals surface area contributed by atoms with Gasteiger partial charge in [0.1, 0.15) is 16.7 Å². The first-order valence-electron chi connectivity index (χ1n) is 10.2. The fourth-order valence-corrected chi connectivity index (χ4v) is 5.94. The second-order valence-corrected chi connectivity index (χ2v) is 11.4. The Morgan fingerprint density at radius 3 is 2.03 bits per heavy atom. The number of ether oxygens (including phenoxy) is 2. The van der Waals surface area contributed by atoms with Gasteiger partial charge in [0.25, 0.3) is 0 Å². The predicted molar refractivity (Wildman–Crippen MR) is 125 cm³/mol. The van der Waals surface area contributed by atoms with Gasteiger partial charge in [0.2, 0.25) is 10.0 Å². The quantitative estimate of drug-likeness (QED) is 0.464. The lowest BCUT2D eigenvalue weighted by Crippen LogP contribution is -2.32. The van der Waals surface area contributed by atoms with Crippen molar-refractivity contribution >= 4 is 19.9 Å². The molecule has 1 unspecified atom stereocenters. The summed E-state index contributed by atoms with van der Waals surface area (Å²) in [5, 5.41) is -1.18. The van der Waals surface area contributed by atoms with E-state index in [0.717, 1.165) is 0 Å². The Morgan fingerprint density at radius 1 is 0.879 bits per heavy atom. The maximum atomic E-state index is 13.4. The summed E-state index contributed by atoms with van der Waals surface area (Å²) < 4.78 is 65.6. The molecular formula is C23H26N2O6S2. The molecule has 176 valence electrons. The topological polar surface area (TPSA) is 112 Å². The minimum atomic E-state index is -3.97. The predicted octanol–water partition coefficient (Wildman–Crippen LogP) is 3.37. The van der Waals surface area contributed by atoms with Gasteiger partial charge in [0.15, 0.2) is 9.84 Å². The minimum Gasteiger partial charge on any atom is -0.497 e. The first kappa shape index (κ1) is 24.7. The van der Waals surface area contributed by atoms with Crippen LogP contribution in [0.4, 0.5) is 0 Å². The average Bonchev–Trinajstić information content (AvgIpc) is 2.79. The third-order valence-electron chi connectivity index (χ3n) is 4.78. The molecule has 0 aliphatic carbocycles. The van der Waals surface area contributed by atoms with Crippen molar-refractivity contribution < 1.29 is 26.3 Å². The van der Waals surface area contributed by atoms with Gasteiger partial charge < -0.3 is 9.47 Å². The molecule has 0 radical (unpaired) electrons. The number of pyridine rings is 1. The highest BCUT2D eigenvalue weighted by Crippen LogP contribution is 2.30. The average molecular weight is 491 g/mol. The Labute approximate surface area is 194 Å². The smallest absolute Gasteiger partial charge is 0.240 e. The monoisotopic (exact) mass is 490 g/mol. The van der Waals surface area contributed by atoms with Gasteiger partial charge in [-0.15, -0.1) is 0 Å². The van der Waals surface area contributed by atoms with Crippen LogP contribution >= 0.6 is 0 Å². The van der Waals surface area contributed by atoms with E-state index in [0.29, 0.717) is 17.1 Å². The molecule has 33 heavy (non-hydrogen) atoms. The molecule has 2 aromatic carbocycles. The van der Waals surface area contributed by atoms with E-state index < -0.39 is 25.1 Å². The summed E-state index contributed by atoms with van der Waals surface area (Å²) in [6, 6.07) is 15.1. The molecule has 1 atom stereocenters. The lowest BCUT2D eigenvalue weighted by Gasteiger charge is -2.19. The molecular weight excluding hydrogens is 464 g/mol. The molecule has 0 saturated carbocycles. The van der Waals surface area contributed by atoms with Gasteiger partial charge in [0, 0.05) is 18.9 Å². The molecule has 0 amide bonds. The van der Waals surface area contributed by atoms with Crippen molar-refractivity contribution in [2.45, 2.75) is 35.0 Å². The molecule has 3 rings (SSSR count). The van der Waals surface area contributed by atoms with Crippen molar-refractivity contribution in [3.8, 4) is 11.5 Å². The zero-order valence-corrected chi connectivity index (χ0v) is 20.1. The minimum absolute atomic E-state index is 0.00499. The van der Waals surface area contributed by atoms with Crippen molar-refractivity contribution in [1.82, 2.24) is 9.71 Å². The van der Waals surface area contributed by atoms with Crippen molar-refractivity contribution in [3.05, 3.63) is 78.6 Å². The van der Waals surface area contributed by atoms with Gasteiger partial charge >= 0.3 is 0 Å². The van der Waals surface area contributed by atoms with Crippen LogP contribution in [0.1, 0.15) is 24.7 Å². The molecule has 1 N–H and O–H groups in total. The first-order valence-corrected chi connectivity index (χ1v) is 13.2. The highest BCUT2D eigenvalue weighted by Gasteiger charge is 2.31. The van der Waals surface area contributed by atoms with E-state index in [4.69, 9.17) is 9.47 Å². The Hall–Kier alpha value is -2.95. The highest BCUT2D eigenvalue weighted by atomic mass is 32.2. The zero-order chi connectivity index (χ0) is 24.1. The fraction of sp³-hybridized carbons (Fsp3) is 0.261. The van der Waals surface area contributed by atoms with E-state index >= 15 is 0 Å². The summed E-state index contributed by atoms with van der Waals surface area (Å²) in [6.45, 7) is 3.37. The second kappa shape index (κ2) is 10.3. The number of hydrogen-bond acceptors (Lipinski definition) is 7. The van der Waals surface area contributed by atoms with Crippen LogP contribution in [-0.2, 0) is 19.9 Å². The molecule has 0 fully saturated rings. The Balaban J connectivity index is 1.88. The van der Waals surface area contributed by atoms with E-state index in [2.05, 4.69) is 9.71 Å². The second-order valence-electron chi connectivity index (χ2n) is 7.49. The van der Waals surface area contributed by atoms with E-state index in [1.165, 1.54) is 55.9 Å². The van der Waals surface area contributed by atoms with Crippen molar-refractivity contribution in [3.63, 3.8) is 0 Å². The van der Waals surface area contributed by atoms with Crippen molar-refractivity contribution in [2.75, 3.05) is 13.7 Å².